The molecule has 0 aliphatic carbocycles. The monoisotopic (exact) mass is 252 g/mol. The van der Waals surface area contributed by atoms with Crippen molar-refractivity contribution in [3.63, 3.8) is 0 Å². The first-order valence-electron chi connectivity index (χ1n) is 6.38. The summed E-state index contributed by atoms with van der Waals surface area (Å²) in [7, 11) is 0. The van der Waals surface area contributed by atoms with E-state index in [1.165, 1.54) is 11.1 Å². The summed E-state index contributed by atoms with van der Waals surface area (Å²) in [4.78, 5) is 14.5. The molecule has 0 saturated heterocycles. The molecule has 1 aliphatic heterocycles. The van der Waals surface area contributed by atoms with Crippen LogP contribution in [0.4, 0.5) is 5.69 Å². The van der Waals surface area contributed by atoms with Crippen molar-refractivity contribution in [1.29, 1.82) is 0 Å². The summed E-state index contributed by atoms with van der Waals surface area (Å²) in [6.07, 6.45) is 0. The largest absolute Gasteiger partial charge is 0.398 e. The highest BCUT2D eigenvalue weighted by molar-refractivity contribution is 6.00. The summed E-state index contributed by atoms with van der Waals surface area (Å²) in [5, 5.41) is 0. The normalized spacial score (nSPS) is 13.4. The minimum atomic E-state index is 0.0202. The van der Waals surface area contributed by atoms with E-state index in [-0.39, 0.29) is 5.91 Å². The molecule has 19 heavy (non-hydrogen) atoms. The molecule has 0 spiro atoms. The van der Waals surface area contributed by atoms with E-state index in [4.69, 9.17) is 5.73 Å². The molecule has 2 aromatic carbocycles. The van der Waals surface area contributed by atoms with Crippen LogP contribution in [0.15, 0.2) is 42.5 Å². The van der Waals surface area contributed by atoms with Gasteiger partial charge in [-0.3, -0.25) is 4.79 Å². The zero-order valence-corrected chi connectivity index (χ0v) is 10.9. The highest BCUT2D eigenvalue weighted by atomic mass is 16.2. The molecule has 1 heterocycles. The molecule has 3 nitrogen and oxygen atoms in total. The maximum absolute atomic E-state index is 12.6. The number of nitrogen functional groups attached to an aromatic ring is 1. The van der Waals surface area contributed by atoms with E-state index in [0.717, 1.165) is 5.56 Å². The first-order chi connectivity index (χ1) is 9.16. The Morgan fingerprint density at radius 1 is 1.05 bits per heavy atom. The van der Waals surface area contributed by atoms with Crippen LogP contribution in [0.25, 0.3) is 0 Å². The Labute approximate surface area is 112 Å². The van der Waals surface area contributed by atoms with E-state index in [9.17, 15) is 4.79 Å². The van der Waals surface area contributed by atoms with Crippen molar-refractivity contribution in [1.82, 2.24) is 4.90 Å². The van der Waals surface area contributed by atoms with Gasteiger partial charge in [0.1, 0.15) is 0 Å². The van der Waals surface area contributed by atoms with E-state index in [1.807, 2.05) is 36.1 Å². The first-order valence-corrected chi connectivity index (χ1v) is 6.38. The lowest BCUT2D eigenvalue weighted by atomic mass is 10.1. The number of anilines is 1. The molecule has 0 unspecified atom stereocenters. The number of aryl methyl sites for hydroxylation is 1. The second kappa shape index (κ2) is 4.43. The average molecular weight is 252 g/mol. The van der Waals surface area contributed by atoms with Gasteiger partial charge in [-0.05, 0) is 29.7 Å². The Bertz CT molecular complexity index is 604. The Morgan fingerprint density at radius 3 is 2.26 bits per heavy atom. The fourth-order valence-electron chi connectivity index (χ4n) is 2.62. The van der Waals surface area contributed by atoms with Crippen LogP contribution < -0.4 is 5.73 Å². The standard InChI is InChI=1S/C16H16N2O/c1-11-5-4-8-14(17)15(11)16(19)18-9-12-6-2-3-7-13(12)10-18/h2-8H,9-10,17H2,1H3. The van der Waals surface area contributed by atoms with Gasteiger partial charge < -0.3 is 10.6 Å². The molecular formula is C16H16N2O. The molecule has 0 aromatic heterocycles. The van der Waals surface area contributed by atoms with Gasteiger partial charge in [-0.2, -0.15) is 0 Å². The quantitative estimate of drug-likeness (QED) is 0.793. The highest BCUT2D eigenvalue weighted by Crippen LogP contribution is 2.26. The molecule has 0 saturated carbocycles. The Kier molecular flexibility index (Phi) is 2.75. The van der Waals surface area contributed by atoms with Crippen LogP contribution in [0.3, 0.4) is 0 Å². The number of carbonyl (C=O) groups is 1. The number of amides is 1. The fourth-order valence-corrected chi connectivity index (χ4v) is 2.62. The van der Waals surface area contributed by atoms with Gasteiger partial charge in [0, 0.05) is 18.8 Å². The predicted molar refractivity (Wildman–Crippen MR) is 75.6 cm³/mol. The summed E-state index contributed by atoms with van der Waals surface area (Å²) < 4.78 is 0. The van der Waals surface area contributed by atoms with Crippen molar-refractivity contribution in [2.75, 3.05) is 5.73 Å². The zero-order valence-electron chi connectivity index (χ0n) is 10.9. The number of carbonyl (C=O) groups excluding carboxylic acids is 1. The summed E-state index contributed by atoms with van der Waals surface area (Å²) >= 11 is 0. The van der Waals surface area contributed by atoms with E-state index in [0.29, 0.717) is 24.3 Å². The third-order valence-electron chi connectivity index (χ3n) is 3.65. The van der Waals surface area contributed by atoms with Crippen LogP contribution in [0.2, 0.25) is 0 Å². The second-order valence-corrected chi connectivity index (χ2v) is 4.97. The first kappa shape index (κ1) is 11.8. The molecule has 3 rings (SSSR count). The van der Waals surface area contributed by atoms with Gasteiger partial charge in [0.05, 0.1) is 5.56 Å². The Morgan fingerprint density at radius 2 is 1.68 bits per heavy atom. The SMILES string of the molecule is Cc1cccc(N)c1C(=O)N1Cc2ccccc2C1. The lowest BCUT2D eigenvalue weighted by Crippen LogP contribution is -2.26. The number of nitrogens with two attached hydrogens (primary N) is 1. The van der Waals surface area contributed by atoms with Crippen LogP contribution >= 0.6 is 0 Å². The number of hydrogen-bond donors (Lipinski definition) is 1. The van der Waals surface area contributed by atoms with E-state index < -0.39 is 0 Å². The Hall–Kier alpha value is -2.29. The molecular weight excluding hydrogens is 236 g/mol. The van der Waals surface area contributed by atoms with Gasteiger partial charge in [-0.25, -0.2) is 0 Å². The molecule has 0 fully saturated rings. The summed E-state index contributed by atoms with van der Waals surface area (Å²) in [5.74, 6) is 0.0202. The molecule has 0 bridgehead atoms. The molecule has 3 heteroatoms. The minimum Gasteiger partial charge on any atom is -0.398 e. The third kappa shape index (κ3) is 1.97. The van der Waals surface area contributed by atoms with Gasteiger partial charge in [-0.1, -0.05) is 36.4 Å². The number of nitrogens with zero attached hydrogens (tertiary/aromatic N) is 1. The summed E-state index contributed by atoms with van der Waals surface area (Å²) in [6, 6.07) is 13.7. The van der Waals surface area contributed by atoms with Crippen molar-refractivity contribution in [3.8, 4) is 0 Å². The van der Waals surface area contributed by atoms with Crippen LogP contribution in [0.1, 0.15) is 27.0 Å². The highest BCUT2D eigenvalue weighted by Gasteiger charge is 2.25. The zero-order chi connectivity index (χ0) is 13.4. The van der Waals surface area contributed by atoms with Gasteiger partial charge in [0.2, 0.25) is 0 Å². The van der Waals surface area contributed by atoms with E-state index in [2.05, 4.69) is 12.1 Å². The number of benzene rings is 2. The van der Waals surface area contributed by atoms with Crippen molar-refractivity contribution < 1.29 is 4.79 Å². The second-order valence-electron chi connectivity index (χ2n) is 4.97. The minimum absolute atomic E-state index is 0.0202. The molecule has 0 atom stereocenters. The molecule has 96 valence electrons. The lowest BCUT2D eigenvalue weighted by molar-refractivity contribution is 0.0752. The summed E-state index contributed by atoms with van der Waals surface area (Å²) in [5.41, 5.74) is 10.5. The van der Waals surface area contributed by atoms with E-state index >= 15 is 0 Å². The maximum atomic E-state index is 12.6. The van der Waals surface area contributed by atoms with Crippen LogP contribution in [-0.4, -0.2) is 10.8 Å². The fraction of sp³-hybridized carbons (Fsp3) is 0.188. The predicted octanol–water partition coefficient (Wildman–Crippen LogP) is 2.73. The maximum Gasteiger partial charge on any atom is 0.256 e. The van der Waals surface area contributed by atoms with Crippen molar-refractivity contribution in [3.05, 3.63) is 64.7 Å². The Balaban J connectivity index is 1.92. The van der Waals surface area contributed by atoms with Gasteiger partial charge >= 0.3 is 0 Å². The topological polar surface area (TPSA) is 46.3 Å². The third-order valence-corrected chi connectivity index (χ3v) is 3.65. The van der Waals surface area contributed by atoms with Gasteiger partial charge in [-0.15, -0.1) is 0 Å². The number of rotatable bonds is 1. The van der Waals surface area contributed by atoms with Crippen LogP contribution in [0, 0.1) is 6.92 Å². The van der Waals surface area contributed by atoms with Crippen LogP contribution in [-0.2, 0) is 13.1 Å². The van der Waals surface area contributed by atoms with Gasteiger partial charge in [0.15, 0.2) is 0 Å². The van der Waals surface area contributed by atoms with Crippen LogP contribution in [0.5, 0.6) is 0 Å². The van der Waals surface area contributed by atoms with E-state index in [1.54, 1.807) is 6.07 Å². The van der Waals surface area contributed by atoms with Crippen molar-refractivity contribution in [2.45, 2.75) is 20.0 Å². The average Bonchev–Trinajstić information content (AvgIpc) is 2.82. The smallest absolute Gasteiger partial charge is 0.256 e. The summed E-state index contributed by atoms with van der Waals surface area (Å²) in [6.45, 7) is 3.26. The lowest BCUT2D eigenvalue weighted by Gasteiger charge is -2.18. The molecule has 1 amide bonds. The van der Waals surface area contributed by atoms with Crippen molar-refractivity contribution >= 4 is 11.6 Å². The number of hydrogen-bond acceptors (Lipinski definition) is 2. The molecule has 2 aromatic rings. The molecule has 1 aliphatic rings. The number of fused-ring (bicyclic) bond motifs is 1. The van der Waals surface area contributed by atoms with Crippen molar-refractivity contribution in [2.24, 2.45) is 0 Å². The molecule has 0 radical (unpaired) electrons. The molecule has 2 N–H and O–H groups in total. The van der Waals surface area contributed by atoms with Gasteiger partial charge in [0.25, 0.3) is 5.91 Å².